The predicted octanol–water partition coefficient (Wildman–Crippen LogP) is 12.3. The highest BCUT2D eigenvalue weighted by Gasteiger charge is 2.27. The quantitative estimate of drug-likeness (QED) is 0.0301. The van der Waals surface area contributed by atoms with Gasteiger partial charge in [0.05, 0.1) is 27.7 Å². The molecule has 2 aromatic heterocycles. The number of unbranched alkanes of at least 4 members (excludes halogenated alkanes) is 16. The lowest BCUT2D eigenvalue weighted by Gasteiger charge is -2.24. The Kier molecular flexibility index (Phi) is 28.1. The number of phosphoric acid groups is 1. The van der Waals surface area contributed by atoms with Crippen LogP contribution in [0.25, 0.3) is 0 Å². The number of phosphoric ester groups is 1. The molecule has 0 aliphatic rings. The zero-order chi connectivity index (χ0) is 44.1. The Labute approximate surface area is 364 Å². The van der Waals surface area contributed by atoms with Gasteiger partial charge < -0.3 is 27.7 Å². The van der Waals surface area contributed by atoms with Gasteiger partial charge in [-0.25, -0.2) is 4.57 Å². The Bertz CT molecular complexity index is 1480. The lowest BCUT2D eigenvalue weighted by atomic mass is 10.1. The highest BCUT2D eigenvalue weighted by molar-refractivity contribution is 7.47. The smallest absolute Gasteiger partial charge is 0.466 e. The molecule has 2 atom stereocenters. The molecule has 2 unspecified atom stereocenters. The molecule has 11 nitrogen and oxygen atoms in total. The molecule has 0 fully saturated rings. The number of aryl methyl sites for hydroxylation is 6. The van der Waals surface area contributed by atoms with Crippen molar-refractivity contribution in [2.75, 3.05) is 47.5 Å². The minimum atomic E-state index is -4.40. The van der Waals surface area contributed by atoms with Crippen molar-refractivity contribution in [1.29, 1.82) is 0 Å². The molecule has 0 aromatic carbocycles. The van der Waals surface area contributed by atoms with Gasteiger partial charge in [0.2, 0.25) is 0 Å². The summed E-state index contributed by atoms with van der Waals surface area (Å²) in [5.74, 6) is 3.65. The van der Waals surface area contributed by atoms with Crippen LogP contribution in [-0.2, 0) is 58.4 Å². The Morgan fingerprint density at radius 1 is 0.617 bits per heavy atom. The van der Waals surface area contributed by atoms with Gasteiger partial charge in [-0.15, -0.1) is 0 Å². The van der Waals surface area contributed by atoms with Crippen LogP contribution < -0.4 is 0 Å². The number of esters is 2. The van der Waals surface area contributed by atoms with E-state index >= 15 is 0 Å². The number of furan rings is 2. The second kappa shape index (κ2) is 31.4. The highest BCUT2D eigenvalue weighted by Crippen LogP contribution is 2.43. The van der Waals surface area contributed by atoms with Crippen molar-refractivity contribution in [3.05, 3.63) is 46.3 Å². The normalized spacial score (nSPS) is 13.4. The molecular formula is C48H85NO10P+. The van der Waals surface area contributed by atoms with Crippen LogP contribution in [0.15, 0.2) is 21.0 Å². The van der Waals surface area contributed by atoms with E-state index in [0.717, 1.165) is 107 Å². The van der Waals surface area contributed by atoms with Crippen molar-refractivity contribution < 1.29 is 50.9 Å². The fraction of sp³-hybridized carbons (Fsp3) is 0.792. The van der Waals surface area contributed by atoms with Crippen LogP contribution in [0.4, 0.5) is 0 Å². The van der Waals surface area contributed by atoms with Crippen molar-refractivity contribution in [1.82, 2.24) is 0 Å². The lowest BCUT2D eigenvalue weighted by molar-refractivity contribution is -0.870. The summed E-state index contributed by atoms with van der Waals surface area (Å²) < 4.78 is 46.7. The number of ether oxygens (including phenoxy) is 2. The van der Waals surface area contributed by atoms with Gasteiger partial charge in [-0.3, -0.25) is 18.6 Å². The Balaban J connectivity index is 1.64. The molecule has 2 aromatic rings. The molecule has 0 bridgehead atoms. The Morgan fingerprint density at radius 3 is 1.52 bits per heavy atom. The van der Waals surface area contributed by atoms with Gasteiger partial charge in [0, 0.05) is 38.5 Å². The van der Waals surface area contributed by atoms with E-state index in [1.54, 1.807) is 0 Å². The average molecular weight is 867 g/mol. The molecule has 0 aliphatic carbocycles. The van der Waals surface area contributed by atoms with E-state index in [-0.39, 0.29) is 26.1 Å². The fourth-order valence-corrected chi connectivity index (χ4v) is 7.90. The molecule has 1 N–H and O–H groups in total. The van der Waals surface area contributed by atoms with Crippen LogP contribution in [0, 0.1) is 13.8 Å². The summed E-state index contributed by atoms with van der Waals surface area (Å²) >= 11 is 0. The first-order chi connectivity index (χ1) is 28.7. The van der Waals surface area contributed by atoms with E-state index in [4.69, 9.17) is 27.4 Å². The molecule has 0 spiro atoms. The summed E-state index contributed by atoms with van der Waals surface area (Å²) in [5, 5.41) is 0. The zero-order valence-corrected chi connectivity index (χ0v) is 39.9. The summed E-state index contributed by atoms with van der Waals surface area (Å²) in [4.78, 5) is 35.6. The molecule has 2 rings (SSSR count). The summed E-state index contributed by atoms with van der Waals surface area (Å²) in [6.45, 7) is 8.56. The van der Waals surface area contributed by atoms with Crippen LogP contribution in [0.1, 0.15) is 189 Å². The number of rotatable bonds is 38. The number of hydrogen-bond donors (Lipinski definition) is 1. The minimum absolute atomic E-state index is 0.0189. The first kappa shape index (κ1) is 53.7. The Hall–Kier alpha value is -2.43. The van der Waals surface area contributed by atoms with Crippen LogP contribution >= 0.6 is 7.82 Å². The maximum absolute atomic E-state index is 12.8. The van der Waals surface area contributed by atoms with Crippen molar-refractivity contribution in [2.45, 2.75) is 201 Å². The molecule has 60 heavy (non-hydrogen) atoms. The van der Waals surface area contributed by atoms with Gasteiger partial charge in [0.25, 0.3) is 0 Å². The van der Waals surface area contributed by atoms with E-state index in [2.05, 4.69) is 39.8 Å². The third-order valence-electron chi connectivity index (χ3n) is 10.9. The molecule has 12 heteroatoms. The first-order valence-corrected chi connectivity index (χ1v) is 25.1. The SMILES string of the molecule is CCCCCc1cc(C)c(CCCCCCCCCCC(=O)OC(COC(=O)CCCCCCCCc2oc(CCCCC)cc2C)COP(=O)(O)OCC[N+](C)(C)C)o1. The van der Waals surface area contributed by atoms with Crippen LogP contribution in [0.5, 0.6) is 0 Å². The minimum Gasteiger partial charge on any atom is -0.466 e. The number of hydrogen-bond acceptors (Lipinski definition) is 9. The van der Waals surface area contributed by atoms with Crippen LogP contribution in [0.3, 0.4) is 0 Å². The summed E-state index contributed by atoms with van der Waals surface area (Å²) in [7, 11) is 1.43. The van der Waals surface area contributed by atoms with Gasteiger partial charge in [-0.05, 0) is 75.6 Å². The Morgan fingerprint density at radius 2 is 1.05 bits per heavy atom. The average Bonchev–Trinajstić information content (AvgIpc) is 3.73. The maximum Gasteiger partial charge on any atom is 0.472 e. The highest BCUT2D eigenvalue weighted by atomic mass is 31.2. The van der Waals surface area contributed by atoms with Crippen molar-refractivity contribution in [2.24, 2.45) is 0 Å². The molecule has 2 heterocycles. The standard InChI is InChI=1S/C48H84NO10P/c1-8-10-22-28-42-36-40(3)45(57-42)30-24-18-14-12-13-15-21-27-33-48(51)59-44(39-56-60(52,53)55-35-34-49(5,6)7)38-54-47(50)32-26-20-17-16-19-25-31-46-41(4)37-43(58-46)29-23-11-9-2/h36-37,44H,8-35,38-39H2,1-7H3/p+1. The summed E-state index contributed by atoms with van der Waals surface area (Å²) in [6.07, 6.45) is 25.1. The second-order valence-corrected chi connectivity index (χ2v) is 19.4. The largest absolute Gasteiger partial charge is 0.472 e. The van der Waals surface area contributed by atoms with Crippen LogP contribution in [0.2, 0.25) is 0 Å². The molecule has 0 radical (unpaired) electrons. The van der Waals surface area contributed by atoms with Gasteiger partial charge in [0.15, 0.2) is 6.10 Å². The third kappa shape index (κ3) is 26.8. The first-order valence-electron chi connectivity index (χ1n) is 23.6. The molecule has 0 saturated heterocycles. The van der Waals surface area contributed by atoms with E-state index in [0.29, 0.717) is 23.9 Å². The van der Waals surface area contributed by atoms with E-state index in [1.807, 2.05) is 21.1 Å². The van der Waals surface area contributed by atoms with Crippen molar-refractivity contribution in [3.8, 4) is 0 Å². The maximum atomic E-state index is 12.8. The number of carbonyl (C=O) groups excluding carboxylic acids is 2. The number of carbonyl (C=O) groups is 2. The number of quaternary nitrogens is 1. The second-order valence-electron chi connectivity index (χ2n) is 17.9. The summed E-state index contributed by atoms with van der Waals surface area (Å²) in [5.41, 5.74) is 2.53. The van der Waals surface area contributed by atoms with Gasteiger partial charge in [-0.1, -0.05) is 104 Å². The topological polar surface area (TPSA) is 135 Å². The predicted molar refractivity (Wildman–Crippen MR) is 240 cm³/mol. The summed E-state index contributed by atoms with van der Waals surface area (Å²) in [6, 6.07) is 4.40. The van der Waals surface area contributed by atoms with E-state index in [1.165, 1.54) is 68.9 Å². The lowest BCUT2D eigenvalue weighted by Crippen LogP contribution is -2.37. The molecular weight excluding hydrogens is 781 g/mol. The fourth-order valence-electron chi connectivity index (χ4n) is 7.16. The van der Waals surface area contributed by atoms with E-state index in [9.17, 15) is 19.0 Å². The number of nitrogens with zero attached hydrogens (tertiary/aromatic N) is 1. The molecule has 0 saturated carbocycles. The van der Waals surface area contributed by atoms with Crippen molar-refractivity contribution in [3.63, 3.8) is 0 Å². The van der Waals surface area contributed by atoms with Crippen molar-refractivity contribution >= 4 is 19.8 Å². The van der Waals surface area contributed by atoms with Gasteiger partial charge in [0.1, 0.15) is 42.8 Å². The molecule has 346 valence electrons. The van der Waals surface area contributed by atoms with Crippen LogP contribution in [-0.4, -0.2) is 74.9 Å². The third-order valence-corrected chi connectivity index (χ3v) is 11.9. The van der Waals surface area contributed by atoms with E-state index < -0.39 is 32.5 Å². The molecule has 0 amide bonds. The monoisotopic (exact) mass is 867 g/mol. The van der Waals surface area contributed by atoms with Gasteiger partial charge in [-0.2, -0.15) is 0 Å². The van der Waals surface area contributed by atoms with Gasteiger partial charge >= 0.3 is 19.8 Å². The zero-order valence-electron chi connectivity index (χ0n) is 39.0. The molecule has 0 aliphatic heterocycles. The number of likely N-dealkylation sites (N-methyl/N-ethyl adjacent to an activating group) is 1.